The summed E-state index contributed by atoms with van der Waals surface area (Å²) in [6, 6.07) is 6.04. The van der Waals surface area contributed by atoms with Crippen molar-refractivity contribution in [1.29, 1.82) is 5.26 Å². The molecule has 136 valence electrons. The number of nitrogens with two attached hydrogens (primary N) is 1. The summed E-state index contributed by atoms with van der Waals surface area (Å²) in [6.45, 7) is 5.21. The Hall–Kier alpha value is -2.36. The number of nitriles is 1. The number of aliphatic imine (C=N–C) groups is 1. The number of rotatable bonds is 5. The number of allylic oxidation sites excluding steroid dienone is 1. The molecule has 2 heterocycles. The summed E-state index contributed by atoms with van der Waals surface area (Å²) in [5, 5.41) is 9.84. The number of hydrogen-bond acceptors (Lipinski definition) is 6. The van der Waals surface area contributed by atoms with Crippen molar-refractivity contribution in [2.45, 2.75) is 32.6 Å². The normalized spacial score (nSPS) is 24.7. The molecule has 1 aromatic rings. The van der Waals surface area contributed by atoms with Gasteiger partial charge in [0.05, 0.1) is 36.5 Å². The van der Waals surface area contributed by atoms with E-state index in [1.165, 1.54) is 0 Å². The number of carbonyl (C=O) groups excluding carboxylic acids is 1. The molecule has 1 saturated carbocycles. The first-order chi connectivity index (χ1) is 12.5. The monoisotopic (exact) mass is 352 g/mol. The number of pyridine rings is 1. The van der Waals surface area contributed by atoms with Crippen LogP contribution in [-0.2, 0) is 9.53 Å². The summed E-state index contributed by atoms with van der Waals surface area (Å²) in [5.74, 6) is -0.551. The van der Waals surface area contributed by atoms with Gasteiger partial charge in [0.2, 0.25) is 0 Å². The van der Waals surface area contributed by atoms with Crippen LogP contribution in [0.25, 0.3) is 0 Å². The van der Waals surface area contributed by atoms with Gasteiger partial charge >= 0.3 is 0 Å². The van der Waals surface area contributed by atoms with Gasteiger partial charge < -0.3 is 10.5 Å². The van der Waals surface area contributed by atoms with Crippen molar-refractivity contribution in [1.82, 2.24) is 4.98 Å². The van der Waals surface area contributed by atoms with Gasteiger partial charge in [-0.1, -0.05) is 13.8 Å². The molecule has 1 aliphatic heterocycles. The molecule has 2 aliphatic rings. The lowest BCUT2D eigenvalue weighted by molar-refractivity contribution is -0.124. The van der Waals surface area contributed by atoms with Crippen LogP contribution in [-0.4, -0.2) is 36.2 Å². The fourth-order valence-corrected chi connectivity index (χ4v) is 3.92. The van der Waals surface area contributed by atoms with E-state index in [1.807, 2.05) is 12.1 Å². The molecule has 26 heavy (non-hydrogen) atoms. The maximum absolute atomic E-state index is 13.0. The number of ketones is 1. The van der Waals surface area contributed by atoms with Gasteiger partial charge in [-0.2, -0.15) is 5.26 Å². The van der Waals surface area contributed by atoms with Crippen molar-refractivity contribution in [2.75, 3.05) is 19.8 Å². The van der Waals surface area contributed by atoms with Crippen LogP contribution < -0.4 is 5.73 Å². The molecule has 2 N–H and O–H groups in total. The van der Waals surface area contributed by atoms with Gasteiger partial charge in [0.25, 0.3) is 0 Å². The zero-order valence-corrected chi connectivity index (χ0v) is 15.2. The first-order valence-electron chi connectivity index (χ1n) is 8.88. The van der Waals surface area contributed by atoms with E-state index in [1.54, 1.807) is 12.4 Å². The molecule has 6 heteroatoms. The Morgan fingerprint density at radius 1 is 1.31 bits per heavy atom. The minimum atomic E-state index is -0.377. The molecule has 0 aromatic carbocycles. The first-order valence-corrected chi connectivity index (χ1v) is 8.88. The highest BCUT2D eigenvalue weighted by molar-refractivity contribution is 6.10. The molecular weight excluding hydrogens is 328 g/mol. The van der Waals surface area contributed by atoms with E-state index in [-0.39, 0.29) is 29.6 Å². The van der Waals surface area contributed by atoms with Crippen LogP contribution in [0.2, 0.25) is 0 Å². The molecule has 1 aromatic heterocycles. The lowest BCUT2D eigenvalue weighted by Gasteiger charge is -2.40. The van der Waals surface area contributed by atoms with E-state index in [9.17, 15) is 10.1 Å². The van der Waals surface area contributed by atoms with Gasteiger partial charge in [0, 0.05) is 37.0 Å². The second-order valence-electron chi connectivity index (χ2n) is 7.64. The smallest absolute Gasteiger partial charge is 0.143 e. The second-order valence-corrected chi connectivity index (χ2v) is 7.64. The maximum Gasteiger partial charge on any atom is 0.143 e. The van der Waals surface area contributed by atoms with Crippen LogP contribution in [0.1, 0.15) is 38.2 Å². The van der Waals surface area contributed by atoms with E-state index in [4.69, 9.17) is 15.5 Å². The molecule has 0 bridgehead atoms. The summed E-state index contributed by atoms with van der Waals surface area (Å²) in [6.07, 6.45) is 4.62. The summed E-state index contributed by atoms with van der Waals surface area (Å²) in [4.78, 5) is 21.8. The fourth-order valence-electron chi connectivity index (χ4n) is 3.92. The number of carbonyl (C=O) groups is 1. The first kappa shape index (κ1) is 18.4. The number of nitrogens with zero attached hydrogens (tertiary/aromatic N) is 3. The predicted molar refractivity (Wildman–Crippen MR) is 98.4 cm³/mol. The van der Waals surface area contributed by atoms with Crippen molar-refractivity contribution >= 4 is 11.5 Å². The molecule has 1 aliphatic carbocycles. The Morgan fingerprint density at radius 3 is 2.69 bits per heavy atom. The Kier molecular flexibility index (Phi) is 5.30. The molecule has 1 fully saturated rings. The van der Waals surface area contributed by atoms with Crippen molar-refractivity contribution < 1.29 is 9.53 Å². The van der Waals surface area contributed by atoms with E-state index >= 15 is 0 Å². The number of aromatic nitrogens is 1. The Morgan fingerprint density at radius 2 is 2.04 bits per heavy atom. The molecule has 0 spiro atoms. The van der Waals surface area contributed by atoms with Gasteiger partial charge in [-0.3, -0.25) is 14.8 Å². The van der Waals surface area contributed by atoms with Crippen molar-refractivity contribution in [2.24, 2.45) is 22.1 Å². The third-order valence-corrected chi connectivity index (χ3v) is 4.94. The van der Waals surface area contributed by atoms with E-state index < -0.39 is 0 Å². The van der Waals surface area contributed by atoms with Gasteiger partial charge in [0.15, 0.2) is 0 Å². The standard InChI is InChI=1S/C20H24N4O2/c1-20(2)9-15-19(17(25)10-20)18(13-3-6-23-7-4-13)14(11-22)16(24-15)12-26-8-5-21/h3-4,6-7,18-19H,5,8-10,12,21H2,1-2H3. The topological polar surface area (TPSA) is 101 Å². The second kappa shape index (κ2) is 7.48. The molecule has 3 rings (SSSR count). The van der Waals surface area contributed by atoms with E-state index in [0.29, 0.717) is 30.8 Å². The molecular formula is C20H24N4O2. The molecule has 0 amide bonds. The minimum absolute atomic E-state index is 0.122. The van der Waals surface area contributed by atoms with Gasteiger partial charge in [-0.05, 0) is 29.5 Å². The highest BCUT2D eigenvalue weighted by Gasteiger charge is 2.46. The SMILES string of the molecule is CC1(C)CC(=O)C2C(=NC(COCCN)=C(C#N)C2c2ccncc2)C1. The van der Waals surface area contributed by atoms with Crippen LogP contribution in [0.3, 0.4) is 0 Å². The van der Waals surface area contributed by atoms with Crippen LogP contribution >= 0.6 is 0 Å². The molecule has 6 nitrogen and oxygen atoms in total. The van der Waals surface area contributed by atoms with Gasteiger partial charge in [-0.15, -0.1) is 0 Å². The third-order valence-electron chi connectivity index (χ3n) is 4.94. The highest BCUT2D eigenvalue weighted by Crippen LogP contribution is 2.46. The quantitative estimate of drug-likeness (QED) is 0.820. The summed E-state index contributed by atoms with van der Waals surface area (Å²) >= 11 is 0. The maximum atomic E-state index is 13.0. The zero-order chi connectivity index (χ0) is 18.7. The minimum Gasteiger partial charge on any atom is -0.374 e. The third kappa shape index (κ3) is 3.59. The van der Waals surface area contributed by atoms with Crippen LogP contribution in [0.4, 0.5) is 0 Å². The van der Waals surface area contributed by atoms with Crippen molar-refractivity contribution in [3.63, 3.8) is 0 Å². The van der Waals surface area contributed by atoms with Gasteiger partial charge in [-0.25, -0.2) is 0 Å². The molecule has 0 radical (unpaired) electrons. The number of Topliss-reactive ketones (excluding diaryl/α,β-unsaturated/α-hetero) is 1. The number of hydrogen-bond donors (Lipinski definition) is 1. The number of ether oxygens (including phenoxy) is 1. The fraction of sp³-hybridized carbons (Fsp3) is 0.500. The number of fused-ring (bicyclic) bond motifs is 1. The summed E-state index contributed by atoms with van der Waals surface area (Å²) < 4.78 is 5.56. The average Bonchev–Trinajstić information content (AvgIpc) is 2.60. The Bertz CT molecular complexity index is 790. The van der Waals surface area contributed by atoms with E-state index in [2.05, 4.69) is 24.9 Å². The Labute approximate surface area is 153 Å². The van der Waals surface area contributed by atoms with Crippen molar-refractivity contribution in [3.8, 4) is 6.07 Å². The van der Waals surface area contributed by atoms with Crippen LogP contribution in [0.5, 0.6) is 0 Å². The molecule has 0 saturated heterocycles. The van der Waals surface area contributed by atoms with Crippen LogP contribution in [0, 0.1) is 22.7 Å². The lowest BCUT2D eigenvalue weighted by atomic mass is 9.63. The van der Waals surface area contributed by atoms with Crippen LogP contribution in [0.15, 0.2) is 40.8 Å². The Balaban J connectivity index is 2.09. The molecule has 2 atom stereocenters. The zero-order valence-electron chi connectivity index (χ0n) is 15.2. The van der Waals surface area contributed by atoms with Crippen molar-refractivity contribution in [3.05, 3.63) is 41.4 Å². The molecule has 2 unspecified atom stereocenters. The van der Waals surface area contributed by atoms with E-state index in [0.717, 1.165) is 17.7 Å². The lowest BCUT2D eigenvalue weighted by Crippen LogP contribution is -2.43. The largest absolute Gasteiger partial charge is 0.374 e. The summed E-state index contributed by atoms with van der Waals surface area (Å²) in [7, 11) is 0. The average molecular weight is 352 g/mol. The highest BCUT2D eigenvalue weighted by atomic mass is 16.5. The summed E-state index contributed by atoms with van der Waals surface area (Å²) in [5.41, 5.74) is 8.27. The predicted octanol–water partition coefficient (Wildman–Crippen LogP) is 2.38. The van der Waals surface area contributed by atoms with Gasteiger partial charge in [0.1, 0.15) is 5.78 Å².